The van der Waals surface area contributed by atoms with Crippen LogP contribution in [0.15, 0.2) is 67.1 Å². The van der Waals surface area contributed by atoms with Crippen LogP contribution in [0.4, 0.5) is 24.8 Å². The Balaban J connectivity index is 1.77. The van der Waals surface area contributed by atoms with Crippen molar-refractivity contribution in [3.05, 3.63) is 72.7 Å². The lowest BCUT2D eigenvalue weighted by Crippen LogP contribution is -2.31. The highest BCUT2D eigenvalue weighted by molar-refractivity contribution is 5.88. The number of nitrogens with zero attached hydrogens (tertiary/aromatic N) is 5. The molecule has 30 heavy (non-hydrogen) atoms. The van der Waals surface area contributed by atoms with Gasteiger partial charge in [-0.15, -0.1) is 0 Å². The lowest BCUT2D eigenvalue weighted by Gasteiger charge is -2.24. The monoisotopic (exact) mass is 413 g/mol. The third-order valence-corrected chi connectivity index (χ3v) is 4.33. The zero-order valence-electron chi connectivity index (χ0n) is 15.3. The van der Waals surface area contributed by atoms with Crippen LogP contribution in [-0.2, 0) is 0 Å². The van der Waals surface area contributed by atoms with Crippen LogP contribution < -0.4 is 4.90 Å². The van der Waals surface area contributed by atoms with Crippen LogP contribution in [0, 0.1) is 0 Å². The van der Waals surface area contributed by atoms with Gasteiger partial charge < -0.3 is 10.0 Å². The molecule has 0 aliphatic carbocycles. The van der Waals surface area contributed by atoms with Crippen LogP contribution in [0.3, 0.4) is 0 Å². The van der Waals surface area contributed by atoms with Crippen LogP contribution in [-0.4, -0.2) is 43.1 Å². The summed E-state index contributed by atoms with van der Waals surface area (Å²) in [6, 6.07) is 12.1. The Hall–Kier alpha value is -3.95. The van der Waals surface area contributed by atoms with Crippen molar-refractivity contribution < 1.29 is 23.1 Å². The Morgan fingerprint density at radius 3 is 2.53 bits per heavy atom. The van der Waals surface area contributed by atoms with Crippen molar-refractivity contribution in [2.45, 2.75) is 6.18 Å². The minimum atomic E-state index is -4.53. The van der Waals surface area contributed by atoms with Crippen molar-refractivity contribution in [1.82, 2.24) is 19.4 Å². The predicted molar refractivity (Wildman–Crippen MR) is 103 cm³/mol. The highest BCUT2D eigenvalue weighted by atomic mass is 19.4. The fraction of sp³-hybridized carbons (Fsp3) is 0.100. The van der Waals surface area contributed by atoms with Gasteiger partial charge in [-0.1, -0.05) is 6.07 Å². The number of halogens is 3. The molecule has 4 aromatic rings. The molecule has 152 valence electrons. The SMILES string of the molecule is O=C(O)c1ccc(N(CC(F)(F)F)c2nccc(-c3cnc4ccccn34)n2)cc1. The number of aromatic nitrogens is 4. The van der Waals surface area contributed by atoms with Gasteiger partial charge in [-0.05, 0) is 42.5 Å². The molecule has 3 heterocycles. The number of fused-ring (bicyclic) bond motifs is 1. The predicted octanol–water partition coefficient (Wildman–Crippen LogP) is 4.19. The third-order valence-electron chi connectivity index (χ3n) is 4.33. The van der Waals surface area contributed by atoms with Gasteiger partial charge in [0.25, 0.3) is 0 Å². The fourth-order valence-electron chi connectivity index (χ4n) is 2.98. The Kier molecular flexibility index (Phi) is 4.82. The van der Waals surface area contributed by atoms with Crippen molar-refractivity contribution in [2.24, 2.45) is 0 Å². The highest BCUT2D eigenvalue weighted by Crippen LogP contribution is 2.29. The molecule has 4 rings (SSSR count). The first-order valence-electron chi connectivity index (χ1n) is 8.75. The van der Waals surface area contributed by atoms with E-state index in [1.165, 1.54) is 30.5 Å². The van der Waals surface area contributed by atoms with Crippen molar-refractivity contribution in [1.29, 1.82) is 0 Å². The fourth-order valence-corrected chi connectivity index (χ4v) is 2.98. The number of hydrogen-bond acceptors (Lipinski definition) is 5. The molecule has 0 amide bonds. The number of alkyl halides is 3. The molecule has 0 aliphatic heterocycles. The topological polar surface area (TPSA) is 83.6 Å². The van der Waals surface area contributed by atoms with Crippen molar-refractivity contribution in [3.63, 3.8) is 0 Å². The minimum absolute atomic E-state index is 0.0360. The maximum absolute atomic E-state index is 13.3. The van der Waals surface area contributed by atoms with E-state index < -0.39 is 18.7 Å². The second kappa shape index (κ2) is 7.47. The van der Waals surface area contributed by atoms with E-state index in [9.17, 15) is 18.0 Å². The average molecular weight is 413 g/mol. The van der Waals surface area contributed by atoms with Gasteiger partial charge in [0, 0.05) is 18.1 Å². The van der Waals surface area contributed by atoms with Crippen LogP contribution in [0.5, 0.6) is 0 Å². The van der Waals surface area contributed by atoms with Crippen LogP contribution >= 0.6 is 0 Å². The maximum atomic E-state index is 13.3. The molecule has 0 unspecified atom stereocenters. The van der Waals surface area contributed by atoms with Gasteiger partial charge >= 0.3 is 12.1 Å². The molecule has 0 aliphatic rings. The summed E-state index contributed by atoms with van der Waals surface area (Å²) in [4.78, 5) is 24.5. The molecule has 0 saturated carbocycles. The van der Waals surface area contributed by atoms with E-state index in [1.807, 2.05) is 6.07 Å². The number of rotatable bonds is 5. The smallest absolute Gasteiger partial charge is 0.406 e. The highest BCUT2D eigenvalue weighted by Gasteiger charge is 2.33. The molecule has 0 saturated heterocycles. The van der Waals surface area contributed by atoms with Crippen molar-refractivity contribution in [2.75, 3.05) is 11.4 Å². The van der Waals surface area contributed by atoms with Crippen molar-refractivity contribution in [3.8, 4) is 11.4 Å². The summed E-state index contributed by atoms with van der Waals surface area (Å²) in [6.07, 6.45) is 0.192. The molecule has 10 heteroatoms. The molecule has 0 fully saturated rings. The van der Waals surface area contributed by atoms with Crippen LogP contribution in [0.2, 0.25) is 0 Å². The van der Waals surface area contributed by atoms with E-state index in [-0.39, 0.29) is 17.2 Å². The number of carboxylic acid groups (broad SMARTS) is 1. The van der Waals surface area contributed by atoms with Gasteiger partial charge in [-0.25, -0.2) is 19.7 Å². The summed E-state index contributed by atoms with van der Waals surface area (Å²) in [6.45, 7) is -1.34. The van der Waals surface area contributed by atoms with Gasteiger partial charge in [0.15, 0.2) is 0 Å². The van der Waals surface area contributed by atoms with E-state index in [0.717, 1.165) is 4.90 Å². The minimum Gasteiger partial charge on any atom is -0.478 e. The van der Waals surface area contributed by atoms with Gasteiger partial charge in [0.2, 0.25) is 5.95 Å². The lowest BCUT2D eigenvalue weighted by atomic mass is 10.2. The van der Waals surface area contributed by atoms with Gasteiger partial charge in [-0.2, -0.15) is 13.2 Å². The average Bonchev–Trinajstić information content (AvgIpc) is 3.16. The Morgan fingerprint density at radius 1 is 1.07 bits per heavy atom. The first kappa shape index (κ1) is 19.4. The number of imidazole rings is 1. The number of carboxylic acids is 1. The van der Waals surface area contributed by atoms with E-state index in [4.69, 9.17) is 5.11 Å². The Bertz CT molecular complexity index is 1210. The lowest BCUT2D eigenvalue weighted by molar-refractivity contribution is -0.118. The third kappa shape index (κ3) is 3.93. The van der Waals surface area contributed by atoms with E-state index >= 15 is 0 Å². The van der Waals surface area contributed by atoms with E-state index in [1.54, 1.807) is 35.0 Å². The molecule has 7 nitrogen and oxygen atoms in total. The Morgan fingerprint density at radius 2 is 1.83 bits per heavy atom. The summed E-state index contributed by atoms with van der Waals surface area (Å²) < 4.78 is 41.5. The maximum Gasteiger partial charge on any atom is 0.406 e. The van der Waals surface area contributed by atoms with Crippen LogP contribution in [0.25, 0.3) is 17.0 Å². The zero-order chi connectivity index (χ0) is 21.3. The second-order valence-corrected chi connectivity index (χ2v) is 6.37. The normalized spacial score (nSPS) is 11.6. The largest absolute Gasteiger partial charge is 0.478 e. The quantitative estimate of drug-likeness (QED) is 0.528. The van der Waals surface area contributed by atoms with Gasteiger partial charge in [0.05, 0.1) is 23.1 Å². The zero-order valence-corrected chi connectivity index (χ0v) is 15.3. The van der Waals surface area contributed by atoms with Crippen LogP contribution in [0.1, 0.15) is 10.4 Å². The molecule has 1 aromatic carbocycles. The van der Waals surface area contributed by atoms with E-state index in [0.29, 0.717) is 17.0 Å². The molecule has 0 spiro atoms. The molecule has 3 aromatic heterocycles. The van der Waals surface area contributed by atoms with Crippen molar-refractivity contribution >= 4 is 23.3 Å². The number of carbonyl (C=O) groups is 1. The summed E-state index contributed by atoms with van der Waals surface area (Å²) in [5, 5.41) is 9.02. The second-order valence-electron chi connectivity index (χ2n) is 6.37. The standard InChI is InChI=1S/C20H14F3N5O2/c21-20(22,23)12-28(14-6-4-13(5-7-14)18(29)30)19-24-9-8-15(26-19)16-11-25-17-3-1-2-10-27(16)17/h1-11H,12H2,(H,29,30). The van der Waals surface area contributed by atoms with E-state index in [2.05, 4.69) is 15.0 Å². The number of benzene rings is 1. The molecule has 1 N–H and O–H groups in total. The molecular weight excluding hydrogens is 399 g/mol. The number of anilines is 2. The van der Waals surface area contributed by atoms with Gasteiger partial charge in [-0.3, -0.25) is 4.40 Å². The summed E-state index contributed by atoms with van der Waals surface area (Å²) in [5.74, 6) is -1.34. The number of pyridine rings is 1. The summed E-state index contributed by atoms with van der Waals surface area (Å²) >= 11 is 0. The summed E-state index contributed by atoms with van der Waals surface area (Å²) in [7, 11) is 0. The molecular formula is C20H14F3N5O2. The number of aromatic carboxylic acids is 1. The summed E-state index contributed by atoms with van der Waals surface area (Å²) in [5.41, 5.74) is 1.75. The molecule has 0 radical (unpaired) electrons. The number of hydrogen-bond donors (Lipinski definition) is 1. The molecule has 0 atom stereocenters. The molecule has 0 bridgehead atoms. The van der Waals surface area contributed by atoms with Gasteiger partial charge in [0.1, 0.15) is 12.2 Å². The Labute approximate surface area is 168 Å². The first-order chi connectivity index (χ1) is 14.3. The first-order valence-corrected chi connectivity index (χ1v) is 8.75.